The summed E-state index contributed by atoms with van der Waals surface area (Å²) < 4.78 is 50.5. The first kappa shape index (κ1) is 14.0. The second-order valence-corrected chi connectivity index (χ2v) is 4.47. The van der Waals surface area contributed by atoms with E-state index in [9.17, 15) is 17.6 Å². The zero-order valence-electron chi connectivity index (χ0n) is 9.68. The number of nitrogens with two attached hydrogens (primary N) is 1. The summed E-state index contributed by atoms with van der Waals surface area (Å²) in [6.07, 6.45) is -4.12. The number of rotatable bonds is 3. The fraction of sp³-hybridized carbons (Fsp3) is 0.500. The lowest BCUT2D eigenvalue weighted by Crippen LogP contribution is -2.15. The maximum absolute atomic E-state index is 13.0. The van der Waals surface area contributed by atoms with Gasteiger partial charge in [-0.1, -0.05) is 19.9 Å². The van der Waals surface area contributed by atoms with Crippen LogP contribution in [0.1, 0.15) is 37.4 Å². The van der Waals surface area contributed by atoms with Gasteiger partial charge in [0.1, 0.15) is 5.82 Å². The Morgan fingerprint density at radius 3 is 2.29 bits per heavy atom. The van der Waals surface area contributed by atoms with Gasteiger partial charge in [0, 0.05) is 6.04 Å². The van der Waals surface area contributed by atoms with Gasteiger partial charge in [0.2, 0.25) is 0 Å². The Hall–Kier alpha value is -1.10. The molecule has 0 saturated carbocycles. The lowest BCUT2D eigenvalue weighted by Gasteiger charge is -2.16. The van der Waals surface area contributed by atoms with Crippen molar-refractivity contribution in [3.63, 3.8) is 0 Å². The van der Waals surface area contributed by atoms with Crippen LogP contribution in [-0.2, 0) is 6.18 Å². The maximum atomic E-state index is 13.0. The molecular formula is C12H15F4N. The Morgan fingerprint density at radius 1 is 1.24 bits per heavy atom. The van der Waals surface area contributed by atoms with Crippen LogP contribution in [0.15, 0.2) is 18.2 Å². The molecule has 0 bridgehead atoms. The molecule has 5 heteroatoms. The van der Waals surface area contributed by atoms with Gasteiger partial charge in [-0.15, -0.1) is 0 Å². The molecule has 2 N–H and O–H groups in total. The van der Waals surface area contributed by atoms with Gasteiger partial charge in [-0.05, 0) is 30.0 Å². The second kappa shape index (κ2) is 5.04. The average Bonchev–Trinajstić information content (AvgIpc) is 2.15. The van der Waals surface area contributed by atoms with Crippen molar-refractivity contribution < 1.29 is 17.6 Å². The molecule has 0 radical (unpaired) electrons. The summed E-state index contributed by atoms with van der Waals surface area (Å²) in [5.41, 5.74) is 4.83. The van der Waals surface area contributed by atoms with E-state index in [1.165, 1.54) is 6.07 Å². The van der Waals surface area contributed by atoms with Gasteiger partial charge in [0.25, 0.3) is 0 Å². The predicted octanol–water partition coefficient (Wildman–Crippen LogP) is 3.89. The van der Waals surface area contributed by atoms with E-state index in [4.69, 9.17) is 5.73 Å². The first-order chi connectivity index (χ1) is 7.71. The normalized spacial score (nSPS) is 14.1. The molecule has 0 fully saturated rings. The van der Waals surface area contributed by atoms with Crippen molar-refractivity contribution in [1.82, 2.24) is 0 Å². The van der Waals surface area contributed by atoms with Crippen molar-refractivity contribution in [2.75, 3.05) is 0 Å². The SMILES string of the molecule is CC(C)C[C@H](N)c1ccc(F)c(C(F)(F)F)c1. The molecule has 1 atom stereocenters. The van der Waals surface area contributed by atoms with Crippen LogP contribution in [0.3, 0.4) is 0 Å². The topological polar surface area (TPSA) is 26.0 Å². The van der Waals surface area contributed by atoms with Crippen LogP contribution in [-0.4, -0.2) is 0 Å². The van der Waals surface area contributed by atoms with Gasteiger partial charge < -0.3 is 5.73 Å². The van der Waals surface area contributed by atoms with E-state index < -0.39 is 23.6 Å². The molecule has 0 amide bonds. The smallest absolute Gasteiger partial charge is 0.324 e. The molecule has 0 aromatic heterocycles. The number of benzene rings is 1. The Bertz CT molecular complexity index is 385. The van der Waals surface area contributed by atoms with Crippen molar-refractivity contribution >= 4 is 0 Å². The largest absolute Gasteiger partial charge is 0.419 e. The fourth-order valence-corrected chi connectivity index (χ4v) is 1.63. The molecule has 1 aromatic carbocycles. The molecule has 1 aromatic rings. The Balaban J connectivity index is 3.04. The third-order valence-electron chi connectivity index (χ3n) is 2.45. The molecule has 0 spiro atoms. The summed E-state index contributed by atoms with van der Waals surface area (Å²) in [5, 5.41) is 0. The molecule has 1 nitrogen and oxygen atoms in total. The zero-order valence-corrected chi connectivity index (χ0v) is 9.68. The number of alkyl halides is 3. The zero-order chi connectivity index (χ0) is 13.2. The van der Waals surface area contributed by atoms with Crippen LogP contribution < -0.4 is 5.73 Å². The van der Waals surface area contributed by atoms with Gasteiger partial charge in [0.15, 0.2) is 0 Å². The molecule has 96 valence electrons. The Labute approximate surface area is 97.6 Å². The highest BCUT2D eigenvalue weighted by atomic mass is 19.4. The summed E-state index contributed by atoms with van der Waals surface area (Å²) >= 11 is 0. The minimum absolute atomic E-state index is 0.268. The van der Waals surface area contributed by atoms with E-state index in [2.05, 4.69) is 0 Å². The van der Waals surface area contributed by atoms with Crippen molar-refractivity contribution in [3.05, 3.63) is 35.1 Å². The quantitative estimate of drug-likeness (QED) is 0.808. The van der Waals surface area contributed by atoms with Crippen LogP contribution in [0.2, 0.25) is 0 Å². The molecular weight excluding hydrogens is 234 g/mol. The summed E-state index contributed by atoms with van der Waals surface area (Å²) in [6, 6.07) is 2.41. The highest BCUT2D eigenvalue weighted by Gasteiger charge is 2.34. The van der Waals surface area contributed by atoms with Gasteiger partial charge in [-0.3, -0.25) is 0 Å². The van der Waals surface area contributed by atoms with E-state index >= 15 is 0 Å². The summed E-state index contributed by atoms with van der Waals surface area (Å²) in [6.45, 7) is 3.85. The Morgan fingerprint density at radius 2 is 1.82 bits per heavy atom. The maximum Gasteiger partial charge on any atom is 0.419 e. The van der Waals surface area contributed by atoms with Crippen LogP contribution >= 0.6 is 0 Å². The molecule has 0 aliphatic heterocycles. The summed E-state index contributed by atoms with van der Waals surface area (Å²) in [5.74, 6) is -0.998. The van der Waals surface area contributed by atoms with Crippen LogP contribution in [0.4, 0.5) is 17.6 Å². The van der Waals surface area contributed by atoms with Crippen molar-refractivity contribution in [1.29, 1.82) is 0 Å². The lowest BCUT2D eigenvalue weighted by atomic mass is 9.96. The molecule has 1 rings (SSSR count). The molecule has 17 heavy (non-hydrogen) atoms. The van der Waals surface area contributed by atoms with E-state index in [1.807, 2.05) is 13.8 Å². The van der Waals surface area contributed by atoms with Crippen LogP contribution in [0, 0.1) is 11.7 Å². The summed E-state index contributed by atoms with van der Waals surface area (Å²) in [4.78, 5) is 0. The van der Waals surface area contributed by atoms with Crippen LogP contribution in [0.25, 0.3) is 0 Å². The van der Waals surface area contributed by atoms with Gasteiger partial charge in [-0.25, -0.2) is 4.39 Å². The summed E-state index contributed by atoms with van der Waals surface area (Å²) in [7, 11) is 0. The van der Waals surface area contributed by atoms with Crippen molar-refractivity contribution in [2.45, 2.75) is 32.5 Å². The van der Waals surface area contributed by atoms with E-state index in [0.29, 0.717) is 12.0 Å². The standard InChI is InChI=1S/C12H15F4N/c1-7(2)5-11(17)8-3-4-10(13)9(6-8)12(14,15)16/h3-4,6-7,11H,5,17H2,1-2H3/t11-/m0/s1. The number of hydrogen-bond donors (Lipinski definition) is 1. The predicted molar refractivity (Wildman–Crippen MR) is 57.8 cm³/mol. The Kier molecular flexibility index (Phi) is 4.14. The van der Waals surface area contributed by atoms with E-state index in [1.54, 1.807) is 0 Å². The second-order valence-electron chi connectivity index (χ2n) is 4.47. The first-order valence-electron chi connectivity index (χ1n) is 5.34. The third-order valence-corrected chi connectivity index (χ3v) is 2.45. The highest BCUT2D eigenvalue weighted by Crippen LogP contribution is 2.33. The number of halogens is 4. The number of hydrogen-bond acceptors (Lipinski definition) is 1. The molecule has 0 heterocycles. The fourth-order valence-electron chi connectivity index (χ4n) is 1.63. The first-order valence-corrected chi connectivity index (χ1v) is 5.34. The van der Waals surface area contributed by atoms with E-state index in [0.717, 1.165) is 12.1 Å². The van der Waals surface area contributed by atoms with Crippen molar-refractivity contribution in [2.24, 2.45) is 11.7 Å². The van der Waals surface area contributed by atoms with E-state index in [-0.39, 0.29) is 5.92 Å². The van der Waals surface area contributed by atoms with Gasteiger partial charge >= 0.3 is 6.18 Å². The molecule has 0 saturated heterocycles. The third kappa shape index (κ3) is 3.70. The molecule has 0 aliphatic rings. The average molecular weight is 249 g/mol. The minimum Gasteiger partial charge on any atom is -0.324 e. The molecule has 0 aliphatic carbocycles. The van der Waals surface area contributed by atoms with Gasteiger partial charge in [0.05, 0.1) is 5.56 Å². The minimum atomic E-state index is -4.68. The lowest BCUT2D eigenvalue weighted by molar-refractivity contribution is -0.140. The molecule has 0 unspecified atom stereocenters. The highest BCUT2D eigenvalue weighted by molar-refractivity contribution is 5.29. The van der Waals surface area contributed by atoms with Crippen molar-refractivity contribution in [3.8, 4) is 0 Å². The van der Waals surface area contributed by atoms with Gasteiger partial charge in [-0.2, -0.15) is 13.2 Å². The van der Waals surface area contributed by atoms with Crippen LogP contribution in [0.5, 0.6) is 0 Å². The monoisotopic (exact) mass is 249 g/mol.